The van der Waals surface area contributed by atoms with Gasteiger partial charge in [-0.25, -0.2) is 13.2 Å². The minimum absolute atomic E-state index is 0.441. The SMILES string of the molecule is CCC(F)(F)C(C)(O)F. The molecule has 0 fully saturated rings. The Bertz CT molecular complexity index is 94.9. The van der Waals surface area contributed by atoms with E-state index in [9.17, 15) is 13.2 Å². The van der Waals surface area contributed by atoms with Gasteiger partial charge in [0.15, 0.2) is 0 Å². The van der Waals surface area contributed by atoms with Crippen molar-refractivity contribution in [3.05, 3.63) is 0 Å². The lowest BCUT2D eigenvalue weighted by Crippen LogP contribution is -2.40. The van der Waals surface area contributed by atoms with E-state index in [1.165, 1.54) is 0 Å². The predicted octanol–water partition coefficient (Wildman–Crippen LogP) is 1.71. The molecule has 0 aliphatic heterocycles. The summed E-state index contributed by atoms with van der Waals surface area (Å²) in [4.78, 5) is 0. The van der Waals surface area contributed by atoms with Crippen molar-refractivity contribution in [2.45, 2.75) is 32.0 Å². The van der Waals surface area contributed by atoms with E-state index >= 15 is 0 Å². The van der Waals surface area contributed by atoms with Gasteiger partial charge in [-0.15, -0.1) is 0 Å². The van der Waals surface area contributed by atoms with Gasteiger partial charge in [-0.2, -0.15) is 0 Å². The normalized spacial score (nSPS) is 19.3. The first kappa shape index (κ1) is 8.75. The van der Waals surface area contributed by atoms with Crippen LogP contribution in [0.4, 0.5) is 13.2 Å². The minimum Gasteiger partial charge on any atom is -0.357 e. The molecule has 0 spiro atoms. The zero-order chi connectivity index (χ0) is 7.71. The molecule has 0 amide bonds. The molecular weight excluding hydrogens is 133 g/mol. The van der Waals surface area contributed by atoms with Crippen molar-refractivity contribution < 1.29 is 18.3 Å². The van der Waals surface area contributed by atoms with Crippen LogP contribution in [0.2, 0.25) is 0 Å². The summed E-state index contributed by atoms with van der Waals surface area (Å²) < 4.78 is 36.0. The molecule has 0 rings (SSSR count). The van der Waals surface area contributed by atoms with Gasteiger partial charge in [-0.3, -0.25) is 0 Å². The second kappa shape index (κ2) is 2.17. The highest BCUT2D eigenvalue weighted by atomic mass is 19.3. The quantitative estimate of drug-likeness (QED) is 0.622. The average Bonchev–Trinajstić information content (AvgIpc) is 1.64. The molecule has 4 heteroatoms. The van der Waals surface area contributed by atoms with Gasteiger partial charge in [0.25, 0.3) is 5.85 Å². The molecule has 0 saturated heterocycles. The molecule has 0 aliphatic rings. The summed E-state index contributed by atoms with van der Waals surface area (Å²) in [6, 6.07) is 0. The highest BCUT2D eigenvalue weighted by Gasteiger charge is 2.47. The Morgan fingerprint density at radius 2 is 1.67 bits per heavy atom. The first-order chi connectivity index (χ1) is 3.81. The van der Waals surface area contributed by atoms with E-state index in [1.54, 1.807) is 0 Å². The molecule has 0 radical (unpaired) electrons. The molecule has 1 atom stereocenters. The van der Waals surface area contributed by atoms with Gasteiger partial charge in [-0.05, 0) is 0 Å². The van der Waals surface area contributed by atoms with E-state index in [2.05, 4.69) is 0 Å². The number of rotatable bonds is 2. The monoisotopic (exact) mass is 142 g/mol. The van der Waals surface area contributed by atoms with Crippen molar-refractivity contribution in [1.82, 2.24) is 0 Å². The van der Waals surface area contributed by atoms with Gasteiger partial charge in [0, 0.05) is 13.3 Å². The van der Waals surface area contributed by atoms with E-state index in [0.29, 0.717) is 6.92 Å². The zero-order valence-corrected chi connectivity index (χ0v) is 5.29. The van der Waals surface area contributed by atoms with Crippen LogP contribution in [0.3, 0.4) is 0 Å². The maximum atomic E-state index is 12.0. The molecule has 0 bridgehead atoms. The Morgan fingerprint density at radius 1 is 1.33 bits per heavy atom. The number of aliphatic hydroxyl groups is 1. The Labute approximate surface area is 51.5 Å². The highest BCUT2D eigenvalue weighted by Crippen LogP contribution is 2.32. The molecule has 0 aromatic carbocycles. The maximum Gasteiger partial charge on any atom is 0.304 e. The maximum absolute atomic E-state index is 12.0. The van der Waals surface area contributed by atoms with E-state index in [-0.39, 0.29) is 0 Å². The van der Waals surface area contributed by atoms with Crippen LogP contribution in [0.15, 0.2) is 0 Å². The van der Waals surface area contributed by atoms with Crippen LogP contribution in [0, 0.1) is 0 Å². The number of hydrogen-bond donors (Lipinski definition) is 1. The van der Waals surface area contributed by atoms with Gasteiger partial charge in [0.1, 0.15) is 0 Å². The zero-order valence-electron chi connectivity index (χ0n) is 5.29. The van der Waals surface area contributed by atoms with Gasteiger partial charge in [0.2, 0.25) is 0 Å². The first-order valence-corrected chi connectivity index (χ1v) is 2.60. The molecule has 0 heterocycles. The van der Waals surface area contributed by atoms with Crippen LogP contribution < -0.4 is 0 Å². The molecule has 0 aromatic heterocycles. The highest BCUT2D eigenvalue weighted by molar-refractivity contribution is 4.77. The summed E-state index contributed by atoms with van der Waals surface area (Å²) in [5.74, 6) is -7.02. The molecule has 56 valence electrons. The van der Waals surface area contributed by atoms with E-state index in [4.69, 9.17) is 5.11 Å². The molecule has 1 nitrogen and oxygen atoms in total. The second-order valence-electron chi connectivity index (χ2n) is 2.01. The van der Waals surface area contributed by atoms with Crippen molar-refractivity contribution in [1.29, 1.82) is 0 Å². The number of halogens is 3. The molecular formula is C5H9F3O. The van der Waals surface area contributed by atoms with E-state index < -0.39 is 18.2 Å². The van der Waals surface area contributed by atoms with Crippen molar-refractivity contribution >= 4 is 0 Å². The molecule has 1 N–H and O–H groups in total. The Morgan fingerprint density at radius 3 is 1.67 bits per heavy atom. The Balaban J connectivity index is 4.14. The van der Waals surface area contributed by atoms with Crippen LogP contribution in [0.1, 0.15) is 20.3 Å². The van der Waals surface area contributed by atoms with Gasteiger partial charge in [-0.1, -0.05) is 6.92 Å². The smallest absolute Gasteiger partial charge is 0.304 e. The summed E-state index contributed by atoms with van der Waals surface area (Å²) in [5, 5.41) is 8.13. The Kier molecular flexibility index (Phi) is 2.11. The molecule has 0 aliphatic carbocycles. The third-order valence-electron chi connectivity index (χ3n) is 1.11. The van der Waals surface area contributed by atoms with E-state index in [0.717, 1.165) is 6.92 Å². The molecule has 9 heavy (non-hydrogen) atoms. The lowest BCUT2D eigenvalue weighted by atomic mass is 10.1. The standard InChI is InChI=1S/C5H9F3O/c1-3-5(7,8)4(2,6)9/h9H,3H2,1-2H3. The second-order valence-corrected chi connectivity index (χ2v) is 2.01. The Hall–Kier alpha value is -0.250. The molecule has 0 aromatic rings. The van der Waals surface area contributed by atoms with Crippen LogP contribution in [-0.2, 0) is 0 Å². The van der Waals surface area contributed by atoms with Crippen molar-refractivity contribution in [2.24, 2.45) is 0 Å². The number of alkyl halides is 3. The number of hydrogen-bond acceptors (Lipinski definition) is 1. The van der Waals surface area contributed by atoms with Crippen LogP contribution in [0.5, 0.6) is 0 Å². The van der Waals surface area contributed by atoms with Crippen molar-refractivity contribution in [3.8, 4) is 0 Å². The van der Waals surface area contributed by atoms with Crippen LogP contribution in [-0.4, -0.2) is 16.9 Å². The summed E-state index contributed by atoms with van der Waals surface area (Å²) in [5.41, 5.74) is 0. The third-order valence-corrected chi connectivity index (χ3v) is 1.11. The fraction of sp³-hybridized carbons (Fsp3) is 1.00. The van der Waals surface area contributed by atoms with E-state index in [1.807, 2.05) is 0 Å². The largest absolute Gasteiger partial charge is 0.357 e. The summed E-state index contributed by atoms with van der Waals surface area (Å²) in [6.45, 7) is 1.55. The van der Waals surface area contributed by atoms with Gasteiger partial charge < -0.3 is 5.11 Å². The summed E-state index contributed by atoms with van der Waals surface area (Å²) >= 11 is 0. The van der Waals surface area contributed by atoms with Gasteiger partial charge >= 0.3 is 5.92 Å². The lowest BCUT2D eigenvalue weighted by Gasteiger charge is -2.23. The van der Waals surface area contributed by atoms with Crippen LogP contribution >= 0.6 is 0 Å². The third kappa shape index (κ3) is 1.86. The molecule has 0 saturated carbocycles. The fourth-order valence-electron chi connectivity index (χ4n) is 0.323. The molecule has 1 unspecified atom stereocenters. The average molecular weight is 142 g/mol. The predicted molar refractivity (Wildman–Crippen MR) is 27.0 cm³/mol. The fourth-order valence-corrected chi connectivity index (χ4v) is 0.323. The van der Waals surface area contributed by atoms with Crippen molar-refractivity contribution in [3.63, 3.8) is 0 Å². The van der Waals surface area contributed by atoms with Gasteiger partial charge in [0.05, 0.1) is 0 Å². The first-order valence-electron chi connectivity index (χ1n) is 2.60. The topological polar surface area (TPSA) is 20.2 Å². The van der Waals surface area contributed by atoms with Crippen LogP contribution in [0.25, 0.3) is 0 Å². The lowest BCUT2D eigenvalue weighted by molar-refractivity contribution is -0.242. The van der Waals surface area contributed by atoms with Crippen molar-refractivity contribution in [2.75, 3.05) is 0 Å². The minimum atomic E-state index is -3.63. The summed E-state index contributed by atoms with van der Waals surface area (Å²) in [6.07, 6.45) is -0.698. The summed E-state index contributed by atoms with van der Waals surface area (Å²) in [7, 11) is 0.